The normalized spacial score (nSPS) is 14.5. The van der Waals surface area contributed by atoms with Gasteiger partial charge in [0.1, 0.15) is 19.3 Å². The van der Waals surface area contributed by atoms with Crippen molar-refractivity contribution >= 4 is 39.5 Å². The fourth-order valence-corrected chi connectivity index (χ4v) is 12.1. The van der Waals surface area contributed by atoms with Gasteiger partial charge in [-0.05, 0) is 154 Å². The van der Waals surface area contributed by atoms with Crippen LogP contribution in [0, 0.1) is 0 Å². The summed E-state index contributed by atoms with van der Waals surface area (Å²) in [5.74, 6) is -2.22. The molecule has 0 radical (unpaired) electrons. The van der Waals surface area contributed by atoms with Crippen molar-refractivity contribution in [3.8, 4) is 0 Å². The van der Waals surface area contributed by atoms with Crippen LogP contribution in [-0.2, 0) is 65.4 Å². The topological polar surface area (TPSA) is 237 Å². The van der Waals surface area contributed by atoms with Crippen molar-refractivity contribution in [1.29, 1.82) is 0 Å². The van der Waals surface area contributed by atoms with Crippen LogP contribution in [0.4, 0.5) is 0 Å². The SMILES string of the molecule is CCC/C=C\C/C=C\CCCCCCCC(=O)OC(COC(=O)CCCCCCC/C=C\C/C=C\CCCCC)COP(=O)(O)OCC(O)COP(=O)(O)OCC(COC(=O)CCCCCCCC/C=C\C/C=C\C/C=C\CCCCC)OC(=O)CCCCCCC/C=C\C/C=C\CCCCC. The number of rotatable bonds is 75. The summed E-state index contributed by atoms with van der Waals surface area (Å²) in [6.07, 6.45) is 80.6. The molecule has 0 saturated carbocycles. The summed E-state index contributed by atoms with van der Waals surface area (Å²) in [4.78, 5) is 73.0. The van der Waals surface area contributed by atoms with Gasteiger partial charge in [0.2, 0.25) is 0 Å². The Morgan fingerprint density at radius 1 is 0.275 bits per heavy atom. The fraction of sp³-hybridized carbons (Fsp3) is 0.735. The molecule has 0 saturated heterocycles. The van der Waals surface area contributed by atoms with Crippen molar-refractivity contribution in [2.24, 2.45) is 0 Å². The van der Waals surface area contributed by atoms with Gasteiger partial charge >= 0.3 is 39.5 Å². The van der Waals surface area contributed by atoms with E-state index in [1.807, 2.05) is 0 Å². The zero-order valence-corrected chi connectivity index (χ0v) is 66.0. The van der Waals surface area contributed by atoms with E-state index in [9.17, 15) is 43.2 Å². The molecule has 0 aromatic carbocycles. The van der Waals surface area contributed by atoms with Gasteiger partial charge in [-0.2, -0.15) is 0 Å². The molecule has 5 unspecified atom stereocenters. The second kappa shape index (κ2) is 75.0. The molecule has 19 heteroatoms. The molecule has 0 aliphatic heterocycles. The first-order valence-corrected chi connectivity index (χ1v) is 43.1. The molecular weight excluding hydrogens is 1330 g/mol. The summed E-state index contributed by atoms with van der Waals surface area (Å²) in [7, 11) is -9.97. The van der Waals surface area contributed by atoms with Crippen molar-refractivity contribution in [3.63, 3.8) is 0 Å². The summed E-state index contributed by atoms with van der Waals surface area (Å²) in [6, 6.07) is 0. The molecule has 5 atom stereocenters. The monoisotopic (exact) mass is 1470 g/mol. The van der Waals surface area contributed by atoms with Crippen molar-refractivity contribution in [1.82, 2.24) is 0 Å². The lowest BCUT2D eigenvalue weighted by Gasteiger charge is -2.21. The van der Waals surface area contributed by atoms with Crippen LogP contribution in [0.25, 0.3) is 0 Å². The molecule has 0 rings (SSSR count). The maximum Gasteiger partial charge on any atom is 0.472 e. The number of phosphoric ester groups is 2. The van der Waals surface area contributed by atoms with Crippen molar-refractivity contribution < 1.29 is 80.2 Å². The largest absolute Gasteiger partial charge is 0.472 e. The Hall–Kier alpha value is -4.28. The van der Waals surface area contributed by atoms with E-state index in [1.54, 1.807) is 0 Å². The molecule has 0 aromatic rings. The highest BCUT2D eigenvalue weighted by Gasteiger charge is 2.30. The number of allylic oxidation sites excluding steroid dienone is 18. The molecule has 0 amide bonds. The van der Waals surface area contributed by atoms with Crippen LogP contribution in [0.1, 0.15) is 336 Å². The van der Waals surface area contributed by atoms with Crippen molar-refractivity contribution in [2.45, 2.75) is 354 Å². The Bertz CT molecular complexity index is 2360. The molecular formula is C83H144O17P2. The Labute approximate surface area is 619 Å². The zero-order valence-electron chi connectivity index (χ0n) is 64.3. The Balaban J connectivity index is 5.38. The molecule has 3 N–H and O–H groups in total. The summed E-state index contributed by atoms with van der Waals surface area (Å²) >= 11 is 0. The van der Waals surface area contributed by atoms with Gasteiger partial charge in [-0.25, -0.2) is 9.13 Å². The number of ether oxygens (including phenoxy) is 4. The Kier molecular flexibility index (Phi) is 71.8. The first-order valence-electron chi connectivity index (χ1n) is 40.1. The predicted octanol–water partition coefficient (Wildman–Crippen LogP) is 23.3. The molecule has 0 aliphatic rings. The number of phosphoric acid groups is 2. The number of unbranched alkanes of at least 4 members (excludes halogenated alkanes) is 31. The van der Waals surface area contributed by atoms with Crippen molar-refractivity contribution in [2.75, 3.05) is 39.6 Å². The molecule has 0 fully saturated rings. The smallest absolute Gasteiger partial charge is 0.462 e. The highest BCUT2D eigenvalue weighted by molar-refractivity contribution is 7.47. The van der Waals surface area contributed by atoms with Gasteiger partial charge < -0.3 is 33.8 Å². The number of hydrogen-bond donors (Lipinski definition) is 3. The van der Waals surface area contributed by atoms with Crippen LogP contribution in [-0.4, -0.2) is 96.7 Å². The van der Waals surface area contributed by atoms with Crippen LogP contribution in [0.15, 0.2) is 109 Å². The molecule has 0 spiro atoms. The van der Waals surface area contributed by atoms with E-state index in [0.717, 1.165) is 199 Å². The number of carbonyl (C=O) groups is 4. The quantitative estimate of drug-likeness (QED) is 0.0169. The summed E-state index contributed by atoms with van der Waals surface area (Å²) in [6.45, 7) is 4.69. The minimum Gasteiger partial charge on any atom is -0.462 e. The zero-order chi connectivity index (χ0) is 74.6. The second-order valence-electron chi connectivity index (χ2n) is 26.6. The summed E-state index contributed by atoms with van der Waals surface area (Å²) in [5, 5.41) is 10.6. The summed E-state index contributed by atoms with van der Waals surface area (Å²) in [5.41, 5.74) is 0. The lowest BCUT2D eigenvalue weighted by Crippen LogP contribution is -2.30. The third kappa shape index (κ3) is 74.0. The second-order valence-corrected chi connectivity index (χ2v) is 29.5. The first-order chi connectivity index (χ1) is 49.7. The maximum absolute atomic E-state index is 13.1. The third-order valence-electron chi connectivity index (χ3n) is 16.7. The van der Waals surface area contributed by atoms with Crippen LogP contribution in [0.3, 0.4) is 0 Å². The Morgan fingerprint density at radius 2 is 0.500 bits per heavy atom. The minimum atomic E-state index is -4.99. The van der Waals surface area contributed by atoms with Gasteiger partial charge in [-0.15, -0.1) is 0 Å². The molecule has 588 valence electrons. The lowest BCUT2D eigenvalue weighted by molar-refractivity contribution is -0.161. The highest BCUT2D eigenvalue weighted by atomic mass is 31.2. The molecule has 0 bridgehead atoms. The number of aliphatic hydroxyl groups excluding tert-OH is 1. The van der Waals surface area contributed by atoms with Crippen LogP contribution >= 0.6 is 15.6 Å². The molecule has 102 heavy (non-hydrogen) atoms. The average Bonchev–Trinajstić information content (AvgIpc) is 0.944. The summed E-state index contributed by atoms with van der Waals surface area (Å²) < 4.78 is 68.6. The van der Waals surface area contributed by atoms with E-state index in [1.165, 1.54) is 57.8 Å². The van der Waals surface area contributed by atoms with Gasteiger partial charge in [0.25, 0.3) is 0 Å². The molecule has 0 aliphatic carbocycles. The van der Waals surface area contributed by atoms with Crippen molar-refractivity contribution in [3.05, 3.63) is 109 Å². The molecule has 17 nitrogen and oxygen atoms in total. The molecule has 0 heterocycles. The number of carbonyl (C=O) groups excluding carboxylic acids is 4. The minimum absolute atomic E-state index is 0.0745. The van der Waals surface area contributed by atoms with E-state index < -0.39 is 97.5 Å². The standard InChI is InChI=1S/C83H144O17P2/c1-5-9-13-17-21-25-29-33-36-37-38-39-42-45-48-52-56-60-64-68-81(86)94-74-79(100-83(88)70-66-62-58-54-50-46-41-35-31-27-23-19-15-11-7-3)76-98-102(91,92)96-72-77(84)71-95-101(89,90)97-75-78(99-82(87)69-65-61-57-53-49-43-32-28-24-20-16-12-8-4)73-93-80(85)67-63-59-55-51-47-44-40-34-30-26-22-18-14-10-6-2/h16,20-23,25-28,32-36,38-41,77-79,84H,5-15,17-19,24,29-31,37,42-76H2,1-4H3,(H,89,90)(H,91,92)/b20-16-,25-21-,26-22-,27-23-,32-28-,36-33-,39-38-,40-34-,41-35-. The third-order valence-corrected chi connectivity index (χ3v) is 18.6. The van der Waals surface area contributed by atoms with Crippen LogP contribution < -0.4 is 0 Å². The van der Waals surface area contributed by atoms with Gasteiger partial charge in [0.15, 0.2) is 12.2 Å². The van der Waals surface area contributed by atoms with Gasteiger partial charge in [-0.3, -0.25) is 37.3 Å². The van der Waals surface area contributed by atoms with Gasteiger partial charge in [0, 0.05) is 25.7 Å². The molecule has 0 aromatic heterocycles. The van der Waals surface area contributed by atoms with Gasteiger partial charge in [-0.1, -0.05) is 265 Å². The first kappa shape index (κ1) is 97.7. The predicted molar refractivity (Wildman–Crippen MR) is 418 cm³/mol. The maximum atomic E-state index is 13.1. The van der Waals surface area contributed by atoms with Crippen LogP contribution in [0.2, 0.25) is 0 Å². The lowest BCUT2D eigenvalue weighted by atomic mass is 10.1. The average molecular weight is 1480 g/mol. The number of aliphatic hydroxyl groups is 1. The van der Waals surface area contributed by atoms with E-state index >= 15 is 0 Å². The van der Waals surface area contributed by atoms with E-state index in [4.69, 9.17) is 37.0 Å². The number of esters is 4. The fourth-order valence-electron chi connectivity index (χ4n) is 10.5. The van der Waals surface area contributed by atoms with E-state index in [2.05, 4.69) is 137 Å². The van der Waals surface area contributed by atoms with E-state index in [-0.39, 0.29) is 25.7 Å². The highest BCUT2D eigenvalue weighted by Crippen LogP contribution is 2.45. The van der Waals surface area contributed by atoms with Crippen LogP contribution in [0.5, 0.6) is 0 Å². The van der Waals surface area contributed by atoms with E-state index in [0.29, 0.717) is 25.7 Å². The van der Waals surface area contributed by atoms with Gasteiger partial charge in [0.05, 0.1) is 26.4 Å². The number of hydrogen-bond acceptors (Lipinski definition) is 15. The Morgan fingerprint density at radius 3 is 0.775 bits per heavy atom.